The van der Waals surface area contributed by atoms with Gasteiger partial charge in [0.25, 0.3) is 5.91 Å². The zero-order valence-corrected chi connectivity index (χ0v) is 21.3. The molecule has 2 saturated heterocycles. The molecule has 0 radical (unpaired) electrons. The number of hydrogen-bond acceptors (Lipinski definition) is 6. The zero-order chi connectivity index (χ0) is 25.5. The van der Waals surface area contributed by atoms with E-state index in [1.54, 1.807) is 32.2 Å². The summed E-state index contributed by atoms with van der Waals surface area (Å²) >= 11 is 0. The fourth-order valence-electron chi connectivity index (χ4n) is 4.83. The zero-order valence-electron chi connectivity index (χ0n) is 21.3. The van der Waals surface area contributed by atoms with E-state index in [9.17, 15) is 14.0 Å². The van der Waals surface area contributed by atoms with E-state index in [-0.39, 0.29) is 11.9 Å². The number of nitrogens with one attached hydrogen (secondary N) is 2. The van der Waals surface area contributed by atoms with Gasteiger partial charge in [-0.2, -0.15) is 0 Å². The maximum atomic E-state index is 13.9. The molecule has 2 amide bonds. The molecule has 2 fully saturated rings. The molecule has 1 aromatic carbocycles. The minimum absolute atomic E-state index is 0.268. The molecule has 0 aliphatic carbocycles. The van der Waals surface area contributed by atoms with Gasteiger partial charge in [-0.25, -0.2) is 4.39 Å². The summed E-state index contributed by atoms with van der Waals surface area (Å²) in [6, 6.07) is 10.6. The summed E-state index contributed by atoms with van der Waals surface area (Å²) in [7, 11) is 0. The van der Waals surface area contributed by atoms with Crippen molar-refractivity contribution in [2.75, 3.05) is 32.8 Å². The predicted octanol–water partition coefficient (Wildman–Crippen LogP) is 3.99. The number of alkyl halides is 1. The Labute approximate surface area is 212 Å². The van der Waals surface area contributed by atoms with Gasteiger partial charge in [0.2, 0.25) is 5.91 Å². The number of piperidine rings is 2. The Morgan fingerprint density at radius 1 is 1.11 bits per heavy atom. The molecule has 3 heterocycles. The standard InChI is InChI=1S/C28H37FN4O3/c1-28(2,29)19-33-15-12-20(13-16-33)18-36-23-10-11-24(31-17-23)21-6-8-22(9-7-21)26(34)32-27(35)25-5-3-4-14-30-25/h6-11,17,20,25,30H,3-5,12-16,18-19H2,1-2H3,(H,32,34,35)/t25-/m1/s1. The second kappa shape index (κ2) is 11.9. The summed E-state index contributed by atoms with van der Waals surface area (Å²) in [5.41, 5.74) is 0.930. The Kier molecular flexibility index (Phi) is 8.69. The van der Waals surface area contributed by atoms with Crippen LogP contribution in [-0.2, 0) is 4.79 Å². The summed E-state index contributed by atoms with van der Waals surface area (Å²) in [4.78, 5) is 31.4. The van der Waals surface area contributed by atoms with Gasteiger partial charge in [-0.05, 0) is 89.3 Å². The van der Waals surface area contributed by atoms with Crippen LogP contribution in [0.4, 0.5) is 4.39 Å². The Hall–Kier alpha value is -2.84. The molecule has 7 nitrogen and oxygen atoms in total. The number of rotatable bonds is 8. The van der Waals surface area contributed by atoms with Crippen LogP contribution in [0.3, 0.4) is 0 Å². The lowest BCUT2D eigenvalue weighted by Crippen LogP contribution is -2.48. The highest BCUT2D eigenvalue weighted by atomic mass is 19.1. The molecular formula is C28H37FN4O3. The Bertz CT molecular complexity index is 1010. The molecule has 0 unspecified atom stereocenters. The smallest absolute Gasteiger partial charge is 0.257 e. The van der Waals surface area contributed by atoms with Crippen molar-refractivity contribution in [3.05, 3.63) is 48.2 Å². The summed E-state index contributed by atoms with van der Waals surface area (Å²) in [6.45, 7) is 6.97. The molecule has 4 rings (SSSR count). The monoisotopic (exact) mass is 496 g/mol. The van der Waals surface area contributed by atoms with E-state index in [2.05, 4.69) is 20.5 Å². The minimum Gasteiger partial charge on any atom is -0.492 e. The fraction of sp³-hybridized carbons (Fsp3) is 0.536. The van der Waals surface area contributed by atoms with E-state index in [1.807, 2.05) is 24.3 Å². The summed E-state index contributed by atoms with van der Waals surface area (Å²) in [5, 5.41) is 5.64. The largest absolute Gasteiger partial charge is 0.492 e. The number of aromatic nitrogens is 1. The number of nitrogens with zero attached hydrogens (tertiary/aromatic N) is 2. The first kappa shape index (κ1) is 26.2. The number of halogens is 1. The van der Waals surface area contributed by atoms with Crippen molar-refractivity contribution in [3.8, 4) is 17.0 Å². The van der Waals surface area contributed by atoms with E-state index in [1.165, 1.54) is 0 Å². The maximum absolute atomic E-state index is 13.9. The summed E-state index contributed by atoms with van der Waals surface area (Å²) in [5.74, 6) is 0.519. The molecule has 2 N–H and O–H groups in total. The first-order chi connectivity index (χ1) is 17.3. The van der Waals surface area contributed by atoms with Crippen LogP contribution < -0.4 is 15.4 Å². The molecule has 194 valence electrons. The molecular weight excluding hydrogens is 459 g/mol. The number of carbonyl (C=O) groups is 2. The quantitative estimate of drug-likeness (QED) is 0.538. The number of imide groups is 1. The Morgan fingerprint density at radius 2 is 1.86 bits per heavy atom. The molecule has 1 atom stereocenters. The van der Waals surface area contributed by atoms with E-state index >= 15 is 0 Å². The van der Waals surface area contributed by atoms with Crippen LogP contribution in [0.1, 0.15) is 56.3 Å². The third kappa shape index (κ3) is 7.58. The highest BCUT2D eigenvalue weighted by Gasteiger charge is 2.25. The molecule has 2 aromatic rings. The summed E-state index contributed by atoms with van der Waals surface area (Å²) in [6.07, 6.45) is 6.52. The third-order valence-corrected chi connectivity index (χ3v) is 6.84. The molecule has 2 aliphatic rings. The van der Waals surface area contributed by atoms with E-state index in [4.69, 9.17) is 4.74 Å². The maximum Gasteiger partial charge on any atom is 0.257 e. The lowest BCUT2D eigenvalue weighted by molar-refractivity contribution is -0.122. The van der Waals surface area contributed by atoms with Gasteiger partial charge >= 0.3 is 0 Å². The average molecular weight is 497 g/mol. The first-order valence-corrected chi connectivity index (χ1v) is 13.0. The van der Waals surface area contributed by atoms with Crippen LogP contribution in [0, 0.1) is 5.92 Å². The van der Waals surface area contributed by atoms with E-state index in [0.29, 0.717) is 24.6 Å². The molecule has 8 heteroatoms. The highest BCUT2D eigenvalue weighted by molar-refractivity contribution is 6.06. The van der Waals surface area contributed by atoms with Crippen molar-refractivity contribution >= 4 is 11.8 Å². The van der Waals surface area contributed by atoms with Crippen LogP contribution in [-0.4, -0.2) is 66.2 Å². The number of benzene rings is 1. The number of carbonyl (C=O) groups excluding carboxylic acids is 2. The highest BCUT2D eigenvalue weighted by Crippen LogP contribution is 2.23. The summed E-state index contributed by atoms with van der Waals surface area (Å²) < 4.78 is 19.8. The van der Waals surface area contributed by atoms with Crippen molar-refractivity contribution in [2.45, 2.75) is 57.7 Å². The SMILES string of the molecule is CC(C)(F)CN1CCC(COc2ccc(-c3ccc(C(=O)NC(=O)[C@H]4CCCCN4)cc3)nc2)CC1. The van der Waals surface area contributed by atoms with Crippen molar-refractivity contribution in [1.29, 1.82) is 0 Å². The molecule has 2 aliphatic heterocycles. The normalized spacial score (nSPS) is 19.6. The van der Waals surface area contributed by atoms with Crippen molar-refractivity contribution in [3.63, 3.8) is 0 Å². The molecule has 0 saturated carbocycles. The van der Waals surface area contributed by atoms with Crippen LogP contribution >= 0.6 is 0 Å². The van der Waals surface area contributed by atoms with Gasteiger partial charge in [0.05, 0.1) is 24.5 Å². The van der Waals surface area contributed by atoms with Gasteiger partial charge in [-0.1, -0.05) is 18.6 Å². The fourth-order valence-corrected chi connectivity index (χ4v) is 4.83. The Balaban J connectivity index is 1.24. The molecule has 0 spiro atoms. The van der Waals surface area contributed by atoms with Crippen LogP contribution in [0.2, 0.25) is 0 Å². The lowest BCUT2D eigenvalue weighted by atomic mass is 9.97. The second-order valence-electron chi connectivity index (χ2n) is 10.5. The van der Waals surface area contributed by atoms with Gasteiger partial charge in [-0.15, -0.1) is 0 Å². The predicted molar refractivity (Wildman–Crippen MR) is 138 cm³/mol. The lowest BCUT2D eigenvalue weighted by Gasteiger charge is -2.34. The van der Waals surface area contributed by atoms with Crippen molar-refractivity contribution < 1.29 is 18.7 Å². The van der Waals surface area contributed by atoms with E-state index < -0.39 is 11.6 Å². The number of hydrogen-bond donors (Lipinski definition) is 2. The van der Waals surface area contributed by atoms with Gasteiger partial charge in [0.15, 0.2) is 0 Å². The van der Waals surface area contributed by atoms with E-state index in [0.717, 1.165) is 68.7 Å². The number of likely N-dealkylation sites (tertiary alicyclic amines) is 1. The van der Waals surface area contributed by atoms with Crippen LogP contribution in [0.15, 0.2) is 42.6 Å². The van der Waals surface area contributed by atoms with Crippen LogP contribution in [0.25, 0.3) is 11.3 Å². The molecule has 0 bridgehead atoms. The van der Waals surface area contributed by atoms with Gasteiger partial charge in [-0.3, -0.25) is 19.9 Å². The van der Waals surface area contributed by atoms with Crippen molar-refractivity contribution in [1.82, 2.24) is 20.5 Å². The van der Waals surface area contributed by atoms with Gasteiger partial charge in [0, 0.05) is 17.7 Å². The average Bonchev–Trinajstić information content (AvgIpc) is 2.88. The molecule has 1 aromatic heterocycles. The topological polar surface area (TPSA) is 83.6 Å². The number of ether oxygens (including phenoxy) is 1. The first-order valence-electron chi connectivity index (χ1n) is 13.0. The third-order valence-electron chi connectivity index (χ3n) is 6.84. The minimum atomic E-state index is -1.16. The van der Waals surface area contributed by atoms with Crippen LogP contribution in [0.5, 0.6) is 5.75 Å². The second-order valence-corrected chi connectivity index (χ2v) is 10.5. The number of amides is 2. The van der Waals surface area contributed by atoms with Crippen molar-refractivity contribution in [2.24, 2.45) is 5.92 Å². The number of pyridine rings is 1. The molecule has 36 heavy (non-hydrogen) atoms. The Morgan fingerprint density at radius 3 is 2.47 bits per heavy atom. The van der Waals surface area contributed by atoms with Gasteiger partial charge in [0.1, 0.15) is 11.4 Å². The van der Waals surface area contributed by atoms with Gasteiger partial charge < -0.3 is 15.0 Å².